The Morgan fingerprint density at radius 2 is 2.00 bits per heavy atom. The number of likely N-dealkylation sites (tertiary alicyclic amines) is 1. The van der Waals surface area contributed by atoms with Crippen molar-refractivity contribution >= 4 is 0 Å². The van der Waals surface area contributed by atoms with Gasteiger partial charge in [0.1, 0.15) is 11.7 Å². The van der Waals surface area contributed by atoms with Crippen LogP contribution in [0.25, 0.3) is 0 Å². The molecule has 2 atom stereocenters. The minimum Gasteiger partial charge on any atom is -0.283 e. The molecule has 0 aromatic heterocycles. The standard InChI is InChI=1S/C10H15FN2/c11-9-4-3-5-10(9,8-12)13-6-1-2-7-13/h9H,1-7H2. The van der Waals surface area contributed by atoms with Crippen molar-refractivity contribution in [3.63, 3.8) is 0 Å². The molecule has 1 saturated heterocycles. The van der Waals surface area contributed by atoms with Gasteiger partial charge in [-0.05, 0) is 45.2 Å². The third-order valence-corrected chi connectivity index (χ3v) is 3.40. The topological polar surface area (TPSA) is 27.0 Å². The second kappa shape index (κ2) is 3.26. The summed E-state index contributed by atoms with van der Waals surface area (Å²) in [4.78, 5) is 2.06. The van der Waals surface area contributed by atoms with Gasteiger partial charge in [0, 0.05) is 0 Å². The first kappa shape index (κ1) is 8.96. The number of nitrogens with zero attached hydrogens (tertiary/aromatic N) is 2. The third kappa shape index (κ3) is 1.24. The number of rotatable bonds is 1. The second-order valence-corrected chi connectivity index (χ2v) is 4.09. The Morgan fingerprint density at radius 1 is 1.31 bits per heavy atom. The highest BCUT2D eigenvalue weighted by atomic mass is 19.1. The maximum atomic E-state index is 13.6. The number of alkyl halides is 1. The van der Waals surface area contributed by atoms with E-state index >= 15 is 0 Å². The van der Waals surface area contributed by atoms with Crippen LogP contribution in [0.1, 0.15) is 32.1 Å². The van der Waals surface area contributed by atoms with Crippen LogP contribution in [0.4, 0.5) is 4.39 Å². The predicted octanol–water partition coefficient (Wildman–Crippen LogP) is 1.87. The molecule has 2 rings (SSSR count). The zero-order chi connectivity index (χ0) is 9.31. The van der Waals surface area contributed by atoms with Crippen molar-refractivity contribution in [1.29, 1.82) is 5.26 Å². The SMILES string of the molecule is N#CC1(N2CCCC2)CCCC1F. The molecule has 2 aliphatic rings. The van der Waals surface area contributed by atoms with E-state index in [1.54, 1.807) is 0 Å². The Bertz CT molecular complexity index is 230. The largest absolute Gasteiger partial charge is 0.283 e. The number of hydrogen-bond acceptors (Lipinski definition) is 2. The van der Waals surface area contributed by atoms with Crippen LogP contribution in [-0.4, -0.2) is 29.7 Å². The van der Waals surface area contributed by atoms with Crippen molar-refractivity contribution in [2.45, 2.75) is 43.8 Å². The minimum atomic E-state index is -0.921. The van der Waals surface area contributed by atoms with Crippen molar-refractivity contribution in [3.05, 3.63) is 0 Å². The average Bonchev–Trinajstić information content (AvgIpc) is 2.73. The molecule has 3 heteroatoms. The van der Waals surface area contributed by atoms with Crippen LogP contribution in [0.3, 0.4) is 0 Å². The maximum absolute atomic E-state index is 13.6. The van der Waals surface area contributed by atoms with E-state index in [0.29, 0.717) is 6.42 Å². The van der Waals surface area contributed by atoms with Crippen LogP contribution in [0.5, 0.6) is 0 Å². The van der Waals surface area contributed by atoms with E-state index in [-0.39, 0.29) is 0 Å². The van der Waals surface area contributed by atoms with Crippen molar-refractivity contribution in [2.75, 3.05) is 13.1 Å². The smallest absolute Gasteiger partial charge is 0.140 e. The molecule has 2 nitrogen and oxygen atoms in total. The van der Waals surface area contributed by atoms with Crippen molar-refractivity contribution in [3.8, 4) is 6.07 Å². The first-order chi connectivity index (χ1) is 6.29. The van der Waals surface area contributed by atoms with Crippen LogP contribution in [0.15, 0.2) is 0 Å². The van der Waals surface area contributed by atoms with Crippen LogP contribution in [0.2, 0.25) is 0 Å². The van der Waals surface area contributed by atoms with Crippen LogP contribution >= 0.6 is 0 Å². The van der Waals surface area contributed by atoms with Crippen molar-refractivity contribution in [2.24, 2.45) is 0 Å². The second-order valence-electron chi connectivity index (χ2n) is 4.09. The molecule has 1 saturated carbocycles. The molecule has 72 valence electrons. The Labute approximate surface area is 78.3 Å². The lowest BCUT2D eigenvalue weighted by Gasteiger charge is -2.33. The van der Waals surface area contributed by atoms with Gasteiger partial charge in [-0.3, -0.25) is 4.90 Å². The van der Waals surface area contributed by atoms with E-state index in [2.05, 4.69) is 11.0 Å². The van der Waals surface area contributed by atoms with Gasteiger partial charge in [0.05, 0.1) is 6.07 Å². The number of nitriles is 1. The van der Waals surface area contributed by atoms with Crippen LogP contribution in [0, 0.1) is 11.3 Å². The van der Waals surface area contributed by atoms with Crippen molar-refractivity contribution in [1.82, 2.24) is 4.90 Å². The molecule has 2 unspecified atom stereocenters. The van der Waals surface area contributed by atoms with Gasteiger partial charge in [-0.25, -0.2) is 4.39 Å². The maximum Gasteiger partial charge on any atom is 0.140 e. The van der Waals surface area contributed by atoms with E-state index < -0.39 is 11.7 Å². The zero-order valence-corrected chi connectivity index (χ0v) is 7.80. The fourth-order valence-corrected chi connectivity index (χ4v) is 2.62. The zero-order valence-electron chi connectivity index (χ0n) is 7.80. The van der Waals surface area contributed by atoms with Crippen LogP contribution in [-0.2, 0) is 0 Å². The summed E-state index contributed by atoms with van der Waals surface area (Å²) < 4.78 is 13.6. The van der Waals surface area contributed by atoms with E-state index in [1.165, 1.54) is 0 Å². The molecule has 1 aliphatic carbocycles. The highest BCUT2D eigenvalue weighted by Crippen LogP contribution is 2.38. The summed E-state index contributed by atoms with van der Waals surface area (Å²) in [6.07, 6.45) is 3.49. The van der Waals surface area contributed by atoms with E-state index in [9.17, 15) is 4.39 Å². The lowest BCUT2D eigenvalue weighted by Crippen LogP contribution is -2.50. The summed E-state index contributed by atoms with van der Waals surface area (Å²) in [5, 5.41) is 9.12. The Kier molecular flexibility index (Phi) is 2.25. The van der Waals surface area contributed by atoms with Crippen molar-refractivity contribution < 1.29 is 4.39 Å². The summed E-state index contributed by atoms with van der Waals surface area (Å²) in [6, 6.07) is 2.22. The van der Waals surface area contributed by atoms with Crippen LogP contribution < -0.4 is 0 Å². The lowest BCUT2D eigenvalue weighted by molar-refractivity contribution is 0.0993. The fraction of sp³-hybridized carbons (Fsp3) is 0.900. The Hall–Kier alpha value is -0.620. The summed E-state index contributed by atoms with van der Waals surface area (Å²) in [6.45, 7) is 1.82. The Morgan fingerprint density at radius 3 is 2.46 bits per heavy atom. The lowest BCUT2D eigenvalue weighted by atomic mass is 9.96. The molecule has 1 heterocycles. The highest BCUT2D eigenvalue weighted by Gasteiger charge is 2.49. The van der Waals surface area contributed by atoms with Gasteiger partial charge >= 0.3 is 0 Å². The first-order valence-electron chi connectivity index (χ1n) is 5.10. The fourth-order valence-electron chi connectivity index (χ4n) is 2.62. The molecule has 0 bridgehead atoms. The van der Waals surface area contributed by atoms with Gasteiger partial charge < -0.3 is 0 Å². The van der Waals surface area contributed by atoms with E-state index in [0.717, 1.165) is 38.8 Å². The van der Waals surface area contributed by atoms with Gasteiger partial charge in [0.25, 0.3) is 0 Å². The molecule has 0 radical (unpaired) electrons. The molecule has 0 aromatic rings. The van der Waals surface area contributed by atoms with Gasteiger partial charge in [0.15, 0.2) is 0 Å². The summed E-state index contributed by atoms with van der Waals surface area (Å²) in [5.41, 5.74) is -0.753. The molecule has 13 heavy (non-hydrogen) atoms. The molecule has 0 aromatic carbocycles. The van der Waals surface area contributed by atoms with Gasteiger partial charge in [-0.15, -0.1) is 0 Å². The molecule has 2 fully saturated rings. The van der Waals surface area contributed by atoms with E-state index in [1.807, 2.05) is 0 Å². The molecule has 0 N–H and O–H groups in total. The third-order valence-electron chi connectivity index (χ3n) is 3.40. The average molecular weight is 182 g/mol. The molecular formula is C10H15FN2. The first-order valence-corrected chi connectivity index (χ1v) is 5.10. The minimum absolute atomic E-state index is 0.573. The molecule has 0 amide bonds. The highest BCUT2D eigenvalue weighted by molar-refractivity contribution is 5.16. The quantitative estimate of drug-likeness (QED) is 0.619. The number of hydrogen-bond donors (Lipinski definition) is 0. The van der Waals surface area contributed by atoms with E-state index in [4.69, 9.17) is 5.26 Å². The molecular weight excluding hydrogens is 167 g/mol. The predicted molar refractivity (Wildman–Crippen MR) is 47.9 cm³/mol. The summed E-state index contributed by atoms with van der Waals surface area (Å²) in [5.74, 6) is 0. The number of halogens is 1. The van der Waals surface area contributed by atoms with Gasteiger partial charge in [0.2, 0.25) is 0 Å². The monoisotopic (exact) mass is 182 g/mol. The Balaban J connectivity index is 2.19. The van der Waals surface area contributed by atoms with Gasteiger partial charge in [-0.2, -0.15) is 5.26 Å². The summed E-state index contributed by atoms with van der Waals surface area (Å²) >= 11 is 0. The normalized spacial score (nSPS) is 40.8. The molecule has 1 aliphatic heterocycles. The van der Waals surface area contributed by atoms with Gasteiger partial charge in [-0.1, -0.05) is 0 Å². The molecule has 0 spiro atoms. The summed E-state index contributed by atoms with van der Waals surface area (Å²) in [7, 11) is 0.